The molecule has 0 aromatic heterocycles. The van der Waals surface area contributed by atoms with Gasteiger partial charge in [-0.25, -0.2) is 4.79 Å². The number of carbonyl (C=O) groups is 2. The first-order chi connectivity index (χ1) is 16.0. The second kappa shape index (κ2) is 9.86. The quantitative estimate of drug-likeness (QED) is 0.318. The lowest BCUT2D eigenvalue weighted by Gasteiger charge is -2.18. The zero-order valence-electron chi connectivity index (χ0n) is 19.4. The van der Waals surface area contributed by atoms with Gasteiger partial charge in [0.1, 0.15) is 0 Å². The first-order valence-corrected chi connectivity index (χ1v) is 11.4. The zero-order valence-corrected chi connectivity index (χ0v) is 19.4. The van der Waals surface area contributed by atoms with Gasteiger partial charge in [0.15, 0.2) is 0 Å². The summed E-state index contributed by atoms with van der Waals surface area (Å²) in [5.74, 6) is 0.154. The molecular formula is C29H29NO3. The Morgan fingerprint density at radius 3 is 2.33 bits per heavy atom. The average molecular weight is 440 g/mol. The second-order valence-electron chi connectivity index (χ2n) is 8.75. The number of hydrogen-bond donors (Lipinski definition) is 0. The topological polar surface area (TPSA) is 46.6 Å². The number of methoxy groups -OCH3 is 1. The predicted molar refractivity (Wildman–Crippen MR) is 133 cm³/mol. The highest BCUT2D eigenvalue weighted by molar-refractivity contribution is 6.37. The molecule has 0 N–H and O–H groups in total. The van der Waals surface area contributed by atoms with Crippen molar-refractivity contribution < 1.29 is 14.3 Å². The lowest BCUT2D eigenvalue weighted by molar-refractivity contribution is -0.113. The third-order valence-electron chi connectivity index (χ3n) is 6.01. The number of fused-ring (bicyclic) bond motifs is 1. The molecule has 4 rings (SSSR count). The van der Waals surface area contributed by atoms with Gasteiger partial charge in [0.2, 0.25) is 0 Å². The molecule has 0 unspecified atom stereocenters. The molecule has 4 nitrogen and oxygen atoms in total. The van der Waals surface area contributed by atoms with Crippen LogP contribution in [-0.2, 0) is 16.1 Å². The summed E-state index contributed by atoms with van der Waals surface area (Å²) in [6, 6.07) is 25.5. The Hall–Kier alpha value is -3.66. The van der Waals surface area contributed by atoms with Crippen LogP contribution < -0.4 is 4.90 Å². The van der Waals surface area contributed by atoms with Crippen molar-refractivity contribution in [2.75, 3.05) is 12.0 Å². The molecular weight excluding hydrogens is 410 g/mol. The van der Waals surface area contributed by atoms with E-state index in [9.17, 15) is 9.59 Å². The van der Waals surface area contributed by atoms with Crippen LogP contribution >= 0.6 is 0 Å². The van der Waals surface area contributed by atoms with Gasteiger partial charge < -0.3 is 9.64 Å². The Balaban J connectivity index is 1.78. The number of benzene rings is 3. The van der Waals surface area contributed by atoms with Gasteiger partial charge in [-0.3, -0.25) is 4.79 Å². The van der Waals surface area contributed by atoms with Crippen molar-refractivity contribution in [1.29, 1.82) is 0 Å². The number of nitrogens with zero attached hydrogens (tertiary/aromatic N) is 1. The molecule has 0 spiro atoms. The number of hydrogen-bond acceptors (Lipinski definition) is 3. The number of amides is 1. The molecule has 0 saturated heterocycles. The Morgan fingerprint density at radius 2 is 1.61 bits per heavy atom. The number of para-hydroxylation sites is 1. The zero-order chi connectivity index (χ0) is 23.4. The highest BCUT2D eigenvalue weighted by atomic mass is 16.5. The van der Waals surface area contributed by atoms with Crippen LogP contribution in [0, 0.1) is 5.92 Å². The molecule has 168 valence electrons. The molecule has 1 amide bonds. The number of anilines is 1. The van der Waals surface area contributed by atoms with E-state index in [4.69, 9.17) is 4.74 Å². The molecule has 0 saturated carbocycles. The van der Waals surface area contributed by atoms with Crippen molar-refractivity contribution in [2.45, 2.75) is 33.2 Å². The average Bonchev–Trinajstić information content (AvgIpc) is 3.11. The SMILES string of the molecule is COC(=O)c1cccc(CN2C(=O)/C(=C(\CCC(C)C)c3ccccc3)c3ccccc32)c1. The van der Waals surface area contributed by atoms with Gasteiger partial charge in [-0.15, -0.1) is 0 Å². The first-order valence-electron chi connectivity index (χ1n) is 11.4. The summed E-state index contributed by atoms with van der Waals surface area (Å²) in [6.07, 6.45) is 1.84. The van der Waals surface area contributed by atoms with Crippen molar-refractivity contribution in [3.8, 4) is 0 Å². The van der Waals surface area contributed by atoms with Crippen molar-refractivity contribution in [2.24, 2.45) is 5.92 Å². The fourth-order valence-corrected chi connectivity index (χ4v) is 4.31. The number of ether oxygens (including phenoxy) is 1. The van der Waals surface area contributed by atoms with Gasteiger partial charge in [0.25, 0.3) is 5.91 Å². The first kappa shape index (κ1) is 22.5. The summed E-state index contributed by atoms with van der Waals surface area (Å²) in [5, 5.41) is 0. The number of carbonyl (C=O) groups excluding carboxylic acids is 2. The number of esters is 1. The number of rotatable bonds is 7. The number of allylic oxidation sites excluding steroid dienone is 1. The van der Waals surface area contributed by atoms with Crippen molar-refractivity contribution >= 4 is 28.7 Å². The van der Waals surface area contributed by atoms with Crippen LogP contribution in [0.1, 0.15) is 53.7 Å². The van der Waals surface area contributed by atoms with Crippen LogP contribution in [0.25, 0.3) is 11.1 Å². The van der Waals surface area contributed by atoms with Crippen molar-refractivity contribution in [3.63, 3.8) is 0 Å². The van der Waals surface area contributed by atoms with Gasteiger partial charge in [-0.05, 0) is 53.7 Å². The molecule has 33 heavy (non-hydrogen) atoms. The van der Waals surface area contributed by atoms with E-state index in [1.807, 2.05) is 59.5 Å². The third kappa shape index (κ3) is 4.75. The molecule has 1 aliphatic rings. The standard InChI is InChI=1S/C29H29NO3/c1-20(2)16-17-24(22-11-5-4-6-12-22)27-25-14-7-8-15-26(25)30(28(27)31)19-21-10-9-13-23(18-21)29(32)33-3/h4-15,18,20H,16-17,19H2,1-3H3/b27-24+. The van der Waals surface area contributed by atoms with Crippen LogP contribution in [0.15, 0.2) is 78.9 Å². The molecule has 0 radical (unpaired) electrons. The molecule has 3 aromatic carbocycles. The molecule has 1 aliphatic heterocycles. The van der Waals surface area contributed by atoms with E-state index in [1.54, 1.807) is 12.1 Å². The van der Waals surface area contributed by atoms with Crippen LogP contribution in [0.2, 0.25) is 0 Å². The molecule has 0 aliphatic carbocycles. The smallest absolute Gasteiger partial charge is 0.337 e. The lowest BCUT2D eigenvalue weighted by atomic mass is 9.90. The summed E-state index contributed by atoms with van der Waals surface area (Å²) in [7, 11) is 1.37. The summed E-state index contributed by atoms with van der Waals surface area (Å²) in [4.78, 5) is 27.7. The van der Waals surface area contributed by atoms with E-state index in [1.165, 1.54) is 7.11 Å². The predicted octanol–water partition coefficient (Wildman–Crippen LogP) is 6.37. The Morgan fingerprint density at radius 1 is 0.909 bits per heavy atom. The van der Waals surface area contributed by atoms with Gasteiger partial charge >= 0.3 is 5.97 Å². The van der Waals surface area contributed by atoms with E-state index < -0.39 is 0 Å². The van der Waals surface area contributed by atoms with Crippen LogP contribution in [0.5, 0.6) is 0 Å². The molecule has 0 fully saturated rings. The Bertz CT molecular complexity index is 1190. The Labute approximate surface area is 195 Å². The van der Waals surface area contributed by atoms with Gasteiger partial charge in [0.05, 0.1) is 30.5 Å². The van der Waals surface area contributed by atoms with E-state index in [0.29, 0.717) is 18.0 Å². The highest BCUT2D eigenvalue weighted by Gasteiger charge is 2.34. The summed E-state index contributed by atoms with van der Waals surface area (Å²) < 4.78 is 4.86. The normalized spacial score (nSPS) is 14.4. The third-order valence-corrected chi connectivity index (χ3v) is 6.01. The van der Waals surface area contributed by atoms with Crippen LogP contribution in [-0.4, -0.2) is 19.0 Å². The van der Waals surface area contributed by atoms with Gasteiger partial charge in [-0.2, -0.15) is 0 Å². The minimum Gasteiger partial charge on any atom is -0.465 e. The highest BCUT2D eigenvalue weighted by Crippen LogP contribution is 2.43. The molecule has 0 atom stereocenters. The van der Waals surface area contributed by atoms with E-state index in [2.05, 4.69) is 26.0 Å². The van der Waals surface area contributed by atoms with E-state index in [0.717, 1.165) is 46.4 Å². The minimum atomic E-state index is -0.384. The molecule has 1 heterocycles. The van der Waals surface area contributed by atoms with Crippen LogP contribution in [0.4, 0.5) is 5.69 Å². The second-order valence-corrected chi connectivity index (χ2v) is 8.75. The van der Waals surface area contributed by atoms with E-state index >= 15 is 0 Å². The fourth-order valence-electron chi connectivity index (χ4n) is 4.31. The maximum absolute atomic E-state index is 13.9. The minimum absolute atomic E-state index is 0.00211. The lowest BCUT2D eigenvalue weighted by Crippen LogP contribution is -2.26. The van der Waals surface area contributed by atoms with Crippen LogP contribution in [0.3, 0.4) is 0 Å². The largest absolute Gasteiger partial charge is 0.465 e. The Kier molecular flexibility index (Phi) is 6.74. The van der Waals surface area contributed by atoms with E-state index in [-0.39, 0.29) is 11.9 Å². The maximum Gasteiger partial charge on any atom is 0.337 e. The molecule has 0 bridgehead atoms. The van der Waals surface area contributed by atoms with Crippen molar-refractivity contribution in [1.82, 2.24) is 0 Å². The summed E-state index contributed by atoms with van der Waals surface area (Å²) in [6.45, 7) is 4.80. The molecule has 4 heteroatoms. The van der Waals surface area contributed by atoms with Gasteiger partial charge in [0, 0.05) is 5.56 Å². The van der Waals surface area contributed by atoms with Gasteiger partial charge in [-0.1, -0.05) is 74.5 Å². The van der Waals surface area contributed by atoms with Crippen molar-refractivity contribution in [3.05, 3.63) is 101 Å². The summed E-state index contributed by atoms with van der Waals surface area (Å²) in [5.41, 5.74) is 6.19. The summed E-state index contributed by atoms with van der Waals surface area (Å²) >= 11 is 0. The molecule has 3 aromatic rings. The maximum atomic E-state index is 13.9. The monoisotopic (exact) mass is 439 g/mol. The fraction of sp³-hybridized carbons (Fsp3) is 0.241.